The van der Waals surface area contributed by atoms with Crippen LogP contribution in [0.25, 0.3) is 0 Å². The summed E-state index contributed by atoms with van der Waals surface area (Å²) in [6.45, 7) is 3.90. The summed E-state index contributed by atoms with van der Waals surface area (Å²) in [7, 11) is -3.41. The minimum atomic E-state index is -3.41. The summed E-state index contributed by atoms with van der Waals surface area (Å²) in [4.78, 5) is 10.5. The molecule has 0 amide bonds. The molecule has 1 aromatic carbocycles. The van der Waals surface area contributed by atoms with Crippen molar-refractivity contribution in [2.45, 2.75) is 26.7 Å². The molecule has 0 aliphatic heterocycles. The van der Waals surface area contributed by atoms with Gasteiger partial charge in [0.25, 0.3) is 0 Å². The number of benzene rings is 1. The molecule has 5 nitrogen and oxygen atoms in total. The predicted molar refractivity (Wildman–Crippen MR) is 75.0 cm³/mol. The van der Waals surface area contributed by atoms with Crippen LogP contribution in [-0.4, -0.2) is 32.3 Å². The average molecular weight is 285 g/mol. The number of nitrogens with zero attached hydrogens (tertiary/aromatic N) is 1. The van der Waals surface area contributed by atoms with Crippen LogP contribution in [0.1, 0.15) is 24.0 Å². The van der Waals surface area contributed by atoms with E-state index in [-0.39, 0.29) is 19.4 Å². The first-order valence-corrected chi connectivity index (χ1v) is 7.83. The zero-order valence-corrected chi connectivity index (χ0v) is 12.2. The predicted octanol–water partition coefficient (Wildman–Crippen LogP) is 1.93. The number of aliphatic carboxylic acids is 1. The molecule has 0 aromatic heterocycles. The number of sulfonamides is 1. The fourth-order valence-corrected chi connectivity index (χ4v) is 2.84. The van der Waals surface area contributed by atoms with Gasteiger partial charge in [0.15, 0.2) is 0 Å². The second kappa shape index (κ2) is 6.06. The Morgan fingerprint density at radius 1 is 1.32 bits per heavy atom. The average Bonchev–Trinajstić information content (AvgIpc) is 2.26. The number of hydrogen-bond acceptors (Lipinski definition) is 3. The Morgan fingerprint density at radius 3 is 2.47 bits per heavy atom. The largest absolute Gasteiger partial charge is 0.481 e. The van der Waals surface area contributed by atoms with E-state index in [2.05, 4.69) is 0 Å². The summed E-state index contributed by atoms with van der Waals surface area (Å²) >= 11 is 0. The Morgan fingerprint density at radius 2 is 1.95 bits per heavy atom. The zero-order valence-electron chi connectivity index (χ0n) is 11.4. The second-order valence-electron chi connectivity index (χ2n) is 4.62. The highest BCUT2D eigenvalue weighted by Gasteiger charge is 2.19. The van der Waals surface area contributed by atoms with Crippen molar-refractivity contribution in [3.8, 4) is 0 Å². The van der Waals surface area contributed by atoms with E-state index >= 15 is 0 Å². The van der Waals surface area contributed by atoms with Crippen molar-refractivity contribution in [1.82, 2.24) is 0 Å². The van der Waals surface area contributed by atoms with E-state index < -0.39 is 16.0 Å². The van der Waals surface area contributed by atoms with E-state index in [9.17, 15) is 13.2 Å². The summed E-state index contributed by atoms with van der Waals surface area (Å²) in [5.74, 6) is -0.922. The van der Waals surface area contributed by atoms with Crippen molar-refractivity contribution in [3.63, 3.8) is 0 Å². The van der Waals surface area contributed by atoms with E-state index in [0.29, 0.717) is 5.69 Å². The molecule has 0 spiro atoms. The highest BCUT2D eigenvalue weighted by atomic mass is 32.2. The number of carbonyl (C=O) groups is 1. The third-order valence-corrected chi connectivity index (χ3v) is 3.97. The Balaban J connectivity index is 3.04. The molecule has 1 rings (SSSR count). The van der Waals surface area contributed by atoms with Gasteiger partial charge in [-0.05, 0) is 37.5 Å². The van der Waals surface area contributed by atoms with Gasteiger partial charge in [0.1, 0.15) is 0 Å². The van der Waals surface area contributed by atoms with Crippen molar-refractivity contribution < 1.29 is 18.3 Å². The number of aryl methyl sites for hydroxylation is 2. The Kier molecular flexibility index (Phi) is 4.94. The minimum absolute atomic E-state index is 0.0448. The van der Waals surface area contributed by atoms with E-state index in [1.807, 2.05) is 26.0 Å². The van der Waals surface area contributed by atoms with Gasteiger partial charge in [-0.2, -0.15) is 0 Å². The van der Waals surface area contributed by atoms with Crippen LogP contribution in [0.2, 0.25) is 0 Å². The van der Waals surface area contributed by atoms with Gasteiger partial charge < -0.3 is 5.11 Å². The maximum absolute atomic E-state index is 11.8. The normalized spacial score (nSPS) is 11.3. The SMILES string of the molecule is Cc1ccc(C)c(N(CCCC(=O)O)S(C)(=O)=O)c1. The van der Waals surface area contributed by atoms with Crippen molar-refractivity contribution in [2.75, 3.05) is 17.1 Å². The molecule has 0 aliphatic rings. The molecular weight excluding hydrogens is 266 g/mol. The minimum Gasteiger partial charge on any atom is -0.481 e. The smallest absolute Gasteiger partial charge is 0.303 e. The van der Waals surface area contributed by atoms with Crippen LogP contribution in [0.4, 0.5) is 5.69 Å². The lowest BCUT2D eigenvalue weighted by Gasteiger charge is -2.24. The number of rotatable bonds is 6. The monoisotopic (exact) mass is 285 g/mol. The highest BCUT2D eigenvalue weighted by molar-refractivity contribution is 7.92. The molecule has 0 fully saturated rings. The van der Waals surface area contributed by atoms with Gasteiger partial charge in [-0.25, -0.2) is 8.42 Å². The summed E-state index contributed by atoms with van der Waals surface area (Å²) < 4.78 is 25.0. The molecule has 106 valence electrons. The first kappa shape index (κ1) is 15.5. The second-order valence-corrected chi connectivity index (χ2v) is 6.53. The Hall–Kier alpha value is -1.56. The van der Waals surface area contributed by atoms with E-state index in [1.54, 1.807) is 6.07 Å². The third-order valence-electron chi connectivity index (χ3n) is 2.79. The third kappa shape index (κ3) is 4.55. The van der Waals surface area contributed by atoms with Crippen molar-refractivity contribution >= 4 is 21.7 Å². The molecule has 1 N–H and O–H groups in total. The maximum atomic E-state index is 11.8. The molecule has 19 heavy (non-hydrogen) atoms. The number of hydrogen-bond donors (Lipinski definition) is 1. The van der Waals surface area contributed by atoms with Gasteiger partial charge >= 0.3 is 5.97 Å². The standard InChI is InChI=1S/C13H19NO4S/c1-10-6-7-11(2)12(9-10)14(19(3,17)18)8-4-5-13(15)16/h6-7,9H,4-5,8H2,1-3H3,(H,15,16). The quantitative estimate of drug-likeness (QED) is 0.866. The molecule has 0 atom stereocenters. The zero-order chi connectivity index (χ0) is 14.6. The van der Waals surface area contributed by atoms with E-state index in [4.69, 9.17) is 5.11 Å². The molecule has 0 bridgehead atoms. The fraction of sp³-hybridized carbons (Fsp3) is 0.462. The molecule has 0 saturated carbocycles. The van der Waals surface area contributed by atoms with Gasteiger partial charge in [-0.15, -0.1) is 0 Å². The molecule has 1 aromatic rings. The Bertz CT molecular complexity index is 566. The van der Waals surface area contributed by atoms with Crippen molar-refractivity contribution in [3.05, 3.63) is 29.3 Å². The first-order chi connectivity index (χ1) is 8.71. The topological polar surface area (TPSA) is 74.7 Å². The van der Waals surface area contributed by atoms with Gasteiger partial charge in [0.05, 0.1) is 11.9 Å². The van der Waals surface area contributed by atoms with Crippen LogP contribution in [0.15, 0.2) is 18.2 Å². The lowest BCUT2D eigenvalue weighted by atomic mass is 10.1. The molecule has 0 aliphatic carbocycles. The Labute approximate surface area is 113 Å². The van der Waals surface area contributed by atoms with Gasteiger partial charge in [0.2, 0.25) is 10.0 Å². The lowest BCUT2D eigenvalue weighted by Crippen LogP contribution is -2.31. The van der Waals surface area contributed by atoms with Gasteiger partial charge in [-0.1, -0.05) is 12.1 Å². The van der Waals surface area contributed by atoms with Crippen LogP contribution >= 0.6 is 0 Å². The summed E-state index contributed by atoms with van der Waals surface area (Å²) in [5.41, 5.74) is 2.44. The fourth-order valence-electron chi connectivity index (χ4n) is 1.83. The van der Waals surface area contributed by atoms with Gasteiger partial charge in [-0.3, -0.25) is 9.10 Å². The van der Waals surface area contributed by atoms with Crippen LogP contribution < -0.4 is 4.31 Å². The summed E-state index contributed by atoms with van der Waals surface area (Å²) in [6, 6.07) is 5.58. The van der Waals surface area contributed by atoms with Crippen LogP contribution in [0.3, 0.4) is 0 Å². The van der Waals surface area contributed by atoms with Crippen LogP contribution in [-0.2, 0) is 14.8 Å². The van der Waals surface area contributed by atoms with Gasteiger partial charge in [0, 0.05) is 13.0 Å². The summed E-state index contributed by atoms with van der Waals surface area (Å²) in [6.07, 6.45) is 1.38. The molecule has 0 saturated heterocycles. The first-order valence-electron chi connectivity index (χ1n) is 5.98. The van der Waals surface area contributed by atoms with Crippen molar-refractivity contribution in [2.24, 2.45) is 0 Å². The molecular formula is C13H19NO4S. The van der Waals surface area contributed by atoms with Crippen LogP contribution in [0, 0.1) is 13.8 Å². The molecule has 0 radical (unpaired) electrons. The highest BCUT2D eigenvalue weighted by Crippen LogP contribution is 2.24. The number of carboxylic acid groups (broad SMARTS) is 1. The van der Waals surface area contributed by atoms with Crippen molar-refractivity contribution in [1.29, 1.82) is 0 Å². The lowest BCUT2D eigenvalue weighted by molar-refractivity contribution is -0.137. The molecule has 6 heteroatoms. The number of carboxylic acids is 1. The maximum Gasteiger partial charge on any atom is 0.303 e. The molecule has 0 unspecified atom stereocenters. The number of anilines is 1. The summed E-state index contributed by atoms with van der Waals surface area (Å²) in [5, 5.41) is 8.63. The van der Waals surface area contributed by atoms with E-state index in [1.165, 1.54) is 4.31 Å². The van der Waals surface area contributed by atoms with E-state index in [0.717, 1.165) is 17.4 Å². The molecule has 0 heterocycles. The van der Waals surface area contributed by atoms with Crippen LogP contribution in [0.5, 0.6) is 0 Å².